The van der Waals surface area contributed by atoms with Crippen LogP contribution in [0, 0.1) is 0 Å². The zero-order chi connectivity index (χ0) is 17.2. The van der Waals surface area contributed by atoms with Crippen molar-refractivity contribution in [3.05, 3.63) is 53.6 Å². The van der Waals surface area contributed by atoms with Gasteiger partial charge in [-0.25, -0.2) is 4.79 Å². The molecule has 0 radical (unpaired) electrons. The Morgan fingerprint density at radius 2 is 2.00 bits per heavy atom. The fourth-order valence-electron chi connectivity index (χ4n) is 3.89. The van der Waals surface area contributed by atoms with Gasteiger partial charge in [0.05, 0.1) is 0 Å². The van der Waals surface area contributed by atoms with Gasteiger partial charge in [-0.2, -0.15) is 0 Å². The van der Waals surface area contributed by atoms with Crippen LogP contribution in [0.3, 0.4) is 0 Å². The lowest BCUT2D eigenvalue weighted by atomic mass is 9.99. The molecule has 2 aromatic carbocycles. The number of nitrogens with one attached hydrogen (secondary N) is 1. The number of carbonyl (C=O) groups excluding carboxylic acids is 1. The van der Waals surface area contributed by atoms with Gasteiger partial charge in [0.1, 0.15) is 5.75 Å². The van der Waals surface area contributed by atoms with E-state index in [1.807, 2.05) is 24.3 Å². The number of benzene rings is 2. The molecule has 130 valence electrons. The predicted octanol–water partition coefficient (Wildman–Crippen LogP) is 3.06. The van der Waals surface area contributed by atoms with Crippen LogP contribution in [0.25, 0.3) is 11.1 Å². The van der Waals surface area contributed by atoms with Crippen molar-refractivity contribution in [1.82, 2.24) is 5.32 Å². The quantitative estimate of drug-likeness (QED) is 0.567. The molecule has 0 saturated carbocycles. The van der Waals surface area contributed by atoms with E-state index in [0.29, 0.717) is 12.2 Å². The molecule has 2 N–H and O–H groups in total. The summed E-state index contributed by atoms with van der Waals surface area (Å²) in [4.78, 5) is 12.4. The van der Waals surface area contributed by atoms with E-state index in [1.165, 1.54) is 11.1 Å². The van der Waals surface area contributed by atoms with Crippen LogP contribution >= 0.6 is 0 Å². The van der Waals surface area contributed by atoms with Gasteiger partial charge in [-0.15, -0.1) is 0 Å². The van der Waals surface area contributed by atoms with Crippen LogP contribution in [0.15, 0.2) is 42.5 Å². The Hall–Kier alpha value is -2.17. The second-order valence-electron chi connectivity index (χ2n) is 6.94. The van der Waals surface area contributed by atoms with Gasteiger partial charge in [0.2, 0.25) is 0 Å². The summed E-state index contributed by atoms with van der Waals surface area (Å²) in [7, 11) is 0. The molecule has 0 spiro atoms. The van der Waals surface area contributed by atoms with Gasteiger partial charge in [-0.1, -0.05) is 42.8 Å². The van der Waals surface area contributed by atoms with Gasteiger partial charge in [-0.3, -0.25) is 0 Å². The molecule has 1 saturated heterocycles. The Morgan fingerprint density at radius 1 is 1.16 bits per heavy atom. The first-order valence-corrected chi connectivity index (χ1v) is 9.05. The Bertz CT molecular complexity index is 780. The molecule has 2 unspecified atom stereocenters. The Kier molecular flexibility index (Phi) is 4.55. The smallest absolute Gasteiger partial charge is 0.340 e. The van der Waals surface area contributed by atoms with Crippen LogP contribution in [-0.4, -0.2) is 29.8 Å². The lowest BCUT2D eigenvalue weighted by Gasteiger charge is -2.25. The summed E-state index contributed by atoms with van der Waals surface area (Å²) in [6.07, 6.45) is 3.39. The zero-order valence-corrected chi connectivity index (χ0v) is 14.2. The fourth-order valence-corrected chi connectivity index (χ4v) is 3.89. The Labute approximate surface area is 147 Å². The molecule has 2 atom stereocenters. The van der Waals surface area contributed by atoms with Crippen molar-refractivity contribution in [3.63, 3.8) is 0 Å². The number of esters is 1. The highest BCUT2D eigenvalue weighted by Crippen LogP contribution is 2.41. The van der Waals surface area contributed by atoms with E-state index in [4.69, 9.17) is 4.74 Å². The van der Waals surface area contributed by atoms with Crippen LogP contribution in [0.1, 0.15) is 36.8 Å². The van der Waals surface area contributed by atoms with Crippen molar-refractivity contribution >= 4 is 5.97 Å². The molecule has 1 aliphatic heterocycles. The highest BCUT2D eigenvalue weighted by Gasteiger charge is 2.26. The minimum atomic E-state index is -1.09. The van der Waals surface area contributed by atoms with Gasteiger partial charge < -0.3 is 15.2 Å². The van der Waals surface area contributed by atoms with Gasteiger partial charge in [0.15, 0.2) is 6.10 Å². The number of hydrogen-bond donors (Lipinski definition) is 2. The molecule has 2 aliphatic rings. The molecule has 4 nitrogen and oxygen atoms in total. The molecule has 0 aromatic heterocycles. The maximum Gasteiger partial charge on any atom is 0.340 e. The molecule has 25 heavy (non-hydrogen) atoms. The molecule has 0 amide bonds. The van der Waals surface area contributed by atoms with Gasteiger partial charge in [0.25, 0.3) is 0 Å². The molecular weight excluding hydrogens is 314 g/mol. The van der Waals surface area contributed by atoms with Crippen molar-refractivity contribution in [2.75, 3.05) is 6.54 Å². The van der Waals surface area contributed by atoms with Crippen LogP contribution in [0.2, 0.25) is 0 Å². The number of hydrogen-bond acceptors (Lipinski definition) is 4. The normalized spacial score (nSPS) is 19.8. The van der Waals surface area contributed by atoms with Crippen LogP contribution in [0.4, 0.5) is 0 Å². The van der Waals surface area contributed by atoms with Crippen molar-refractivity contribution < 1.29 is 14.6 Å². The summed E-state index contributed by atoms with van der Waals surface area (Å²) in [5.74, 6) is 0.00563. The lowest BCUT2D eigenvalue weighted by Crippen LogP contribution is -2.39. The fraction of sp³-hybridized carbons (Fsp3) is 0.381. The van der Waals surface area contributed by atoms with E-state index in [2.05, 4.69) is 23.5 Å². The molecule has 0 bridgehead atoms. The summed E-state index contributed by atoms with van der Waals surface area (Å²) in [5.41, 5.74) is 4.58. The first kappa shape index (κ1) is 16.3. The highest BCUT2D eigenvalue weighted by molar-refractivity contribution is 5.82. The SMILES string of the molecule is O=C(Oc1cccc2c1Cc1ccccc1-2)C(O)CC1CCCCN1. The predicted molar refractivity (Wildman–Crippen MR) is 96.6 cm³/mol. The van der Waals surface area contributed by atoms with E-state index < -0.39 is 12.1 Å². The average Bonchev–Trinajstić information content (AvgIpc) is 3.02. The van der Waals surface area contributed by atoms with E-state index in [0.717, 1.165) is 43.4 Å². The minimum Gasteiger partial charge on any atom is -0.424 e. The molecule has 2 aromatic rings. The number of aliphatic hydroxyl groups excluding tert-OH is 1. The lowest BCUT2D eigenvalue weighted by molar-refractivity contribution is -0.144. The van der Waals surface area contributed by atoms with Crippen LogP contribution in [-0.2, 0) is 11.2 Å². The van der Waals surface area contributed by atoms with Gasteiger partial charge in [0, 0.05) is 18.0 Å². The largest absolute Gasteiger partial charge is 0.424 e. The summed E-state index contributed by atoms with van der Waals surface area (Å²) in [6.45, 7) is 0.955. The second-order valence-corrected chi connectivity index (χ2v) is 6.94. The van der Waals surface area contributed by atoms with Crippen molar-refractivity contribution in [1.29, 1.82) is 0 Å². The topological polar surface area (TPSA) is 58.6 Å². The van der Waals surface area contributed by atoms with Crippen molar-refractivity contribution in [3.8, 4) is 16.9 Å². The number of fused-ring (bicyclic) bond motifs is 3. The number of ether oxygens (including phenoxy) is 1. The molecule has 1 aliphatic carbocycles. The third kappa shape index (κ3) is 3.32. The third-order valence-corrected chi connectivity index (χ3v) is 5.21. The Balaban J connectivity index is 1.47. The first-order valence-electron chi connectivity index (χ1n) is 9.05. The number of aliphatic hydroxyl groups is 1. The summed E-state index contributed by atoms with van der Waals surface area (Å²) >= 11 is 0. The van der Waals surface area contributed by atoms with Crippen LogP contribution < -0.4 is 10.1 Å². The zero-order valence-electron chi connectivity index (χ0n) is 14.2. The highest BCUT2D eigenvalue weighted by atomic mass is 16.5. The summed E-state index contributed by atoms with van der Waals surface area (Å²) in [5, 5.41) is 13.6. The second kappa shape index (κ2) is 6.98. The summed E-state index contributed by atoms with van der Waals surface area (Å²) < 4.78 is 5.58. The van der Waals surface area contributed by atoms with Crippen molar-refractivity contribution in [2.45, 2.75) is 44.2 Å². The molecular formula is C21H23NO3. The van der Waals surface area contributed by atoms with Gasteiger partial charge >= 0.3 is 5.97 Å². The minimum absolute atomic E-state index is 0.196. The number of carbonyl (C=O) groups is 1. The molecule has 1 fully saturated rings. The Morgan fingerprint density at radius 3 is 2.84 bits per heavy atom. The first-order chi connectivity index (χ1) is 12.2. The maximum atomic E-state index is 12.4. The molecule has 1 heterocycles. The van der Waals surface area contributed by atoms with E-state index in [1.54, 1.807) is 0 Å². The molecule has 4 rings (SSSR count). The van der Waals surface area contributed by atoms with Gasteiger partial charge in [-0.05, 0) is 48.6 Å². The number of rotatable bonds is 4. The van der Waals surface area contributed by atoms with E-state index >= 15 is 0 Å². The third-order valence-electron chi connectivity index (χ3n) is 5.21. The standard InChI is InChI=1S/C21H23NO3/c23-19(13-15-7-3-4-11-22-15)21(24)25-20-10-5-9-17-16-8-2-1-6-14(16)12-18(17)20/h1-2,5-6,8-10,15,19,22-23H,3-4,7,11-13H2. The van der Waals surface area contributed by atoms with Crippen molar-refractivity contribution in [2.24, 2.45) is 0 Å². The summed E-state index contributed by atoms with van der Waals surface area (Å²) in [6, 6.07) is 14.2. The average molecular weight is 337 g/mol. The van der Waals surface area contributed by atoms with Crippen LogP contribution in [0.5, 0.6) is 5.75 Å². The van der Waals surface area contributed by atoms with E-state index in [9.17, 15) is 9.90 Å². The molecule has 4 heteroatoms. The van der Waals surface area contributed by atoms with E-state index in [-0.39, 0.29) is 6.04 Å². The number of piperidine rings is 1. The maximum absolute atomic E-state index is 12.4. The monoisotopic (exact) mass is 337 g/mol.